The van der Waals surface area contributed by atoms with E-state index in [2.05, 4.69) is 15.3 Å². The minimum absolute atomic E-state index is 0.223. The zero-order valence-electron chi connectivity index (χ0n) is 9.94. The topological polar surface area (TPSA) is 48.5 Å². The molecule has 2 aromatic rings. The largest absolute Gasteiger partial charge is 0.265 e. The minimum atomic E-state index is -2.45. The first-order valence-corrected chi connectivity index (χ1v) is 5.70. The number of hydrogen-bond donors (Lipinski definition) is 0. The Kier molecular flexibility index (Phi) is 3.60. The SMILES string of the molecule is Cc1nn(C)nc1Cc1cn(CC(F)F)nc1Cl. The van der Waals surface area contributed by atoms with E-state index >= 15 is 0 Å². The summed E-state index contributed by atoms with van der Waals surface area (Å²) in [5.74, 6) is 0. The lowest BCUT2D eigenvalue weighted by Gasteiger charge is -1.97. The van der Waals surface area contributed by atoms with Crippen LogP contribution in [0.3, 0.4) is 0 Å². The predicted octanol–water partition coefficient (Wildman–Crippen LogP) is 1.83. The first kappa shape index (κ1) is 12.9. The molecule has 0 saturated carbocycles. The molecule has 0 N–H and O–H groups in total. The van der Waals surface area contributed by atoms with Gasteiger partial charge in [0.05, 0.1) is 11.4 Å². The van der Waals surface area contributed by atoms with Crippen LogP contribution in [0.25, 0.3) is 0 Å². The Labute approximate surface area is 107 Å². The van der Waals surface area contributed by atoms with Crippen molar-refractivity contribution in [2.45, 2.75) is 26.3 Å². The standard InChI is InChI=1S/C10H12ClF2N5/c1-6-8(15-17(2)14-6)3-7-4-18(5-9(12)13)16-10(7)11/h4,9H,3,5H2,1-2H3. The first-order chi connectivity index (χ1) is 8.45. The van der Waals surface area contributed by atoms with E-state index in [1.54, 1.807) is 7.05 Å². The third-order valence-corrected chi connectivity index (χ3v) is 2.77. The van der Waals surface area contributed by atoms with Gasteiger partial charge in [0.25, 0.3) is 6.43 Å². The maximum Gasteiger partial charge on any atom is 0.257 e. The third kappa shape index (κ3) is 2.84. The van der Waals surface area contributed by atoms with Crippen LogP contribution in [0.5, 0.6) is 0 Å². The lowest BCUT2D eigenvalue weighted by Crippen LogP contribution is -2.06. The molecule has 0 saturated heterocycles. The Bertz CT molecular complexity index is 548. The molecule has 0 atom stereocenters. The fourth-order valence-electron chi connectivity index (χ4n) is 1.68. The van der Waals surface area contributed by atoms with Crippen LogP contribution in [0.15, 0.2) is 6.20 Å². The van der Waals surface area contributed by atoms with E-state index in [1.807, 2.05) is 6.92 Å². The van der Waals surface area contributed by atoms with Crippen molar-refractivity contribution in [1.82, 2.24) is 24.8 Å². The summed E-state index contributed by atoms with van der Waals surface area (Å²) >= 11 is 5.91. The van der Waals surface area contributed by atoms with E-state index < -0.39 is 13.0 Å². The molecular formula is C10H12ClF2N5. The predicted molar refractivity (Wildman–Crippen MR) is 61.8 cm³/mol. The number of alkyl halides is 2. The van der Waals surface area contributed by atoms with Gasteiger partial charge in [0.2, 0.25) is 0 Å². The molecule has 0 fully saturated rings. The van der Waals surface area contributed by atoms with Gasteiger partial charge in [-0.2, -0.15) is 20.1 Å². The molecule has 5 nitrogen and oxygen atoms in total. The quantitative estimate of drug-likeness (QED) is 0.855. The summed E-state index contributed by atoms with van der Waals surface area (Å²) in [5.41, 5.74) is 2.21. The summed E-state index contributed by atoms with van der Waals surface area (Å²) in [4.78, 5) is 1.46. The normalized spacial score (nSPS) is 11.4. The van der Waals surface area contributed by atoms with Crippen LogP contribution in [0.4, 0.5) is 8.78 Å². The molecule has 0 aliphatic carbocycles. The average molecular weight is 276 g/mol. The van der Waals surface area contributed by atoms with Crippen molar-refractivity contribution in [3.63, 3.8) is 0 Å². The molecule has 0 bridgehead atoms. The maximum absolute atomic E-state index is 12.2. The number of aromatic nitrogens is 5. The monoisotopic (exact) mass is 275 g/mol. The molecular weight excluding hydrogens is 264 g/mol. The van der Waals surface area contributed by atoms with Crippen LogP contribution < -0.4 is 0 Å². The zero-order chi connectivity index (χ0) is 13.3. The Morgan fingerprint density at radius 2 is 2.06 bits per heavy atom. The van der Waals surface area contributed by atoms with E-state index in [0.29, 0.717) is 12.0 Å². The Hall–Kier alpha value is -1.50. The van der Waals surface area contributed by atoms with Crippen LogP contribution in [0.1, 0.15) is 17.0 Å². The van der Waals surface area contributed by atoms with Crippen LogP contribution in [0.2, 0.25) is 5.15 Å². The number of hydrogen-bond acceptors (Lipinski definition) is 3. The zero-order valence-corrected chi connectivity index (χ0v) is 10.7. The molecule has 2 rings (SSSR count). The van der Waals surface area contributed by atoms with Gasteiger partial charge in [-0.1, -0.05) is 11.6 Å². The molecule has 0 aliphatic rings. The summed E-state index contributed by atoms with van der Waals surface area (Å²) in [7, 11) is 1.72. The van der Waals surface area contributed by atoms with Crippen molar-refractivity contribution >= 4 is 11.6 Å². The fraction of sp³-hybridized carbons (Fsp3) is 0.500. The molecule has 0 aliphatic heterocycles. The van der Waals surface area contributed by atoms with Crippen molar-refractivity contribution in [1.29, 1.82) is 0 Å². The molecule has 0 unspecified atom stereocenters. The molecule has 0 radical (unpaired) electrons. The Morgan fingerprint density at radius 3 is 2.61 bits per heavy atom. The molecule has 2 heterocycles. The number of nitrogens with zero attached hydrogens (tertiary/aromatic N) is 5. The first-order valence-electron chi connectivity index (χ1n) is 5.32. The highest BCUT2D eigenvalue weighted by molar-refractivity contribution is 6.30. The smallest absolute Gasteiger partial charge is 0.257 e. The van der Waals surface area contributed by atoms with Crippen molar-refractivity contribution in [2.75, 3.05) is 0 Å². The highest BCUT2D eigenvalue weighted by Crippen LogP contribution is 2.18. The van der Waals surface area contributed by atoms with Crippen LogP contribution in [-0.4, -0.2) is 31.2 Å². The molecule has 98 valence electrons. The van der Waals surface area contributed by atoms with Gasteiger partial charge in [-0.25, -0.2) is 8.78 Å². The second-order valence-corrected chi connectivity index (χ2v) is 4.31. The van der Waals surface area contributed by atoms with Gasteiger partial charge in [-0.05, 0) is 6.92 Å². The van der Waals surface area contributed by atoms with Gasteiger partial charge < -0.3 is 0 Å². The Morgan fingerprint density at radius 1 is 1.33 bits per heavy atom. The molecule has 18 heavy (non-hydrogen) atoms. The van der Waals surface area contributed by atoms with Gasteiger partial charge >= 0.3 is 0 Å². The van der Waals surface area contributed by atoms with Crippen LogP contribution in [0, 0.1) is 6.92 Å². The van der Waals surface area contributed by atoms with Crippen LogP contribution in [-0.2, 0) is 20.0 Å². The van der Waals surface area contributed by atoms with E-state index in [4.69, 9.17) is 11.6 Å². The molecule has 8 heteroatoms. The summed E-state index contributed by atoms with van der Waals surface area (Å²) in [6.07, 6.45) is -0.503. The highest BCUT2D eigenvalue weighted by atomic mass is 35.5. The van der Waals surface area contributed by atoms with Crippen molar-refractivity contribution in [3.05, 3.63) is 28.3 Å². The Balaban J connectivity index is 2.19. The second-order valence-electron chi connectivity index (χ2n) is 3.96. The van der Waals surface area contributed by atoms with Crippen molar-refractivity contribution in [3.8, 4) is 0 Å². The van der Waals surface area contributed by atoms with Crippen molar-refractivity contribution < 1.29 is 8.78 Å². The number of halogens is 3. The van der Waals surface area contributed by atoms with Crippen LogP contribution >= 0.6 is 11.6 Å². The van der Waals surface area contributed by atoms with E-state index in [0.717, 1.165) is 16.1 Å². The molecule has 0 amide bonds. The number of rotatable bonds is 4. The maximum atomic E-state index is 12.2. The summed E-state index contributed by atoms with van der Waals surface area (Å²) in [5, 5.41) is 12.3. The fourth-order valence-corrected chi connectivity index (χ4v) is 1.89. The average Bonchev–Trinajstić information content (AvgIpc) is 2.71. The lowest BCUT2D eigenvalue weighted by molar-refractivity contribution is 0.122. The molecule has 0 aromatic carbocycles. The summed E-state index contributed by atoms with van der Waals surface area (Å²) in [6.45, 7) is 1.37. The second kappa shape index (κ2) is 5.01. The minimum Gasteiger partial charge on any atom is -0.265 e. The highest BCUT2D eigenvalue weighted by Gasteiger charge is 2.14. The van der Waals surface area contributed by atoms with Gasteiger partial charge in [-0.15, -0.1) is 0 Å². The van der Waals surface area contributed by atoms with E-state index in [1.165, 1.54) is 11.0 Å². The van der Waals surface area contributed by atoms with Crippen molar-refractivity contribution in [2.24, 2.45) is 7.05 Å². The van der Waals surface area contributed by atoms with Gasteiger partial charge in [0.15, 0.2) is 5.15 Å². The third-order valence-electron chi connectivity index (χ3n) is 2.45. The summed E-state index contributed by atoms with van der Waals surface area (Å²) in [6, 6.07) is 0. The van der Waals surface area contributed by atoms with Gasteiger partial charge in [0.1, 0.15) is 6.54 Å². The number of aryl methyl sites for hydroxylation is 2. The molecule has 2 aromatic heterocycles. The van der Waals surface area contributed by atoms with E-state index in [9.17, 15) is 8.78 Å². The van der Waals surface area contributed by atoms with Gasteiger partial charge in [-0.3, -0.25) is 4.68 Å². The van der Waals surface area contributed by atoms with Gasteiger partial charge in [0, 0.05) is 25.2 Å². The lowest BCUT2D eigenvalue weighted by atomic mass is 10.2. The van der Waals surface area contributed by atoms with E-state index in [-0.39, 0.29) is 5.15 Å². The molecule has 0 spiro atoms. The summed E-state index contributed by atoms with van der Waals surface area (Å²) < 4.78 is 25.6.